The lowest BCUT2D eigenvalue weighted by Gasteiger charge is -2.09. The Morgan fingerprint density at radius 3 is 2.95 bits per heavy atom. The van der Waals surface area contributed by atoms with Gasteiger partial charge in [0, 0.05) is 18.9 Å². The Morgan fingerprint density at radius 2 is 2.26 bits per heavy atom. The van der Waals surface area contributed by atoms with E-state index in [2.05, 4.69) is 19.6 Å². The van der Waals surface area contributed by atoms with E-state index in [9.17, 15) is 4.79 Å². The summed E-state index contributed by atoms with van der Waals surface area (Å²) in [5.74, 6) is 0.277. The molecular weight excluding hydrogens is 246 g/mol. The summed E-state index contributed by atoms with van der Waals surface area (Å²) in [6, 6.07) is 1.85. The molecule has 2 rings (SSSR count). The van der Waals surface area contributed by atoms with E-state index in [0.717, 1.165) is 29.4 Å². The first-order valence-electron chi connectivity index (χ1n) is 5.97. The Morgan fingerprint density at radius 1 is 1.47 bits per heavy atom. The Kier molecular flexibility index (Phi) is 4.01. The topological polar surface area (TPSA) is 67.5 Å². The minimum Gasteiger partial charge on any atom is -0.437 e. The Hall–Kier alpha value is -2.08. The van der Waals surface area contributed by atoms with Crippen LogP contribution in [0.5, 0.6) is 5.88 Å². The molecule has 2 heterocycles. The molecule has 0 saturated heterocycles. The number of pyridine rings is 1. The molecule has 1 N–H and O–H groups in total. The zero-order chi connectivity index (χ0) is 13.8. The molecule has 0 amide bonds. The van der Waals surface area contributed by atoms with E-state index >= 15 is 0 Å². The second-order valence-electron chi connectivity index (χ2n) is 4.46. The van der Waals surface area contributed by atoms with Crippen LogP contribution in [-0.4, -0.2) is 48.8 Å². The second kappa shape index (κ2) is 5.71. The number of nitrogens with one attached hydrogen (secondary N) is 1. The first kappa shape index (κ1) is 13.4. The van der Waals surface area contributed by atoms with Crippen molar-refractivity contribution in [2.75, 3.05) is 27.7 Å². The number of rotatable bonds is 4. The van der Waals surface area contributed by atoms with Gasteiger partial charge in [0.2, 0.25) is 5.88 Å². The number of ether oxygens (including phenoxy) is 2. The minimum absolute atomic E-state index is 0.277. The monoisotopic (exact) mass is 263 g/mol. The van der Waals surface area contributed by atoms with Crippen molar-refractivity contribution >= 4 is 17.1 Å². The molecule has 19 heavy (non-hydrogen) atoms. The van der Waals surface area contributed by atoms with Gasteiger partial charge < -0.3 is 19.4 Å². The van der Waals surface area contributed by atoms with E-state index < -0.39 is 6.16 Å². The third kappa shape index (κ3) is 3.03. The lowest BCUT2D eigenvalue weighted by molar-refractivity contribution is 0.120. The lowest BCUT2D eigenvalue weighted by atomic mass is 10.1. The number of aromatic amines is 1. The standard InChI is InChI=1S/C13H17N3O3/c1-16(2)7-5-9-8-15-10-4-6-14-12(11(9)10)19-13(17)18-3/h4,6,8,15H,5,7H2,1-3H3. The number of carbonyl (C=O) groups excluding carboxylic acids is 1. The summed E-state index contributed by atoms with van der Waals surface area (Å²) < 4.78 is 9.57. The van der Waals surface area contributed by atoms with Crippen molar-refractivity contribution in [2.45, 2.75) is 6.42 Å². The molecule has 0 spiro atoms. The van der Waals surface area contributed by atoms with Crippen LogP contribution >= 0.6 is 0 Å². The average Bonchev–Trinajstić information content (AvgIpc) is 2.80. The third-order valence-electron chi connectivity index (χ3n) is 2.81. The van der Waals surface area contributed by atoms with Crippen LogP contribution < -0.4 is 4.74 Å². The van der Waals surface area contributed by atoms with Gasteiger partial charge in [0.05, 0.1) is 18.0 Å². The van der Waals surface area contributed by atoms with E-state index in [0.29, 0.717) is 0 Å². The van der Waals surface area contributed by atoms with E-state index in [1.165, 1.54) is 7.11 Å². The molecule has 0 radical (unpaired) electrons. The highest BCUT2D eigenvalue weighted by molar-refractivity contribution is 5.89. The molecule has 0 aliphatic carbocycles. The summed E-state index contributed by atoms with van der Waals surface area (Å²) in [6.07, 6.45) is 3.59. The van der Waals surface area contributed by atoms with Crippen molar-refractivity contribution in [2.24, 2.45) is 0 Å². The van der Waals surface area contributed by atoms with Crippen LogP contribution in [0.2, 0.25) is 0 Å². The van der Waals surface area contributed by atoms with Crippen molar-refractivity contribution in [3.8, 4) is 5.88 Å². The summed E-state index contributed by atoms with van der Waals surface area (Å²) in [7, 11) is 5.30. The van der Waals surface area contributed by atoms with Crippen LogP contribution in [0.15, 0.2) is 18.5 Å². The van der Waals surface area contributed by atoms with Crippen molar-refractivity contribution in [1.82, 2.24) is 14.9 Å². The van der Waals surface area contributed by atoms with Crippen LogP contribution in [-0.2, 0) is 11.2 Å². The molecule has 0 aliphatic heterocycles. The molecule has 6 nitrogen and oxygen atoms in total. The van der Waals surface area contributed by atoms with Crippen LogP contribution in [0.1, 0.15) is 5.56 Å². The Labute approximate surface area is 111 Å². The second-order valence-corrected chi connectivity index (χ2v) is 4.46. The highest BCUT2D eigenvalue weighted by Gasteiger charge is 2.14. The molecule has 0 atom stereocenters. The average molecular weight is 263 g/mol. The van der Waals surface area contributed by atoms with E-state index in [1.807, 2.05) is 26.4 Å². The number of aromatic nitrogens is 2. The van der Waals surface area contributed by atoms with Gasteiger partial charge in [0.15, 0.2) is 0 Å². The minimum atomic E-state index is -0.764. The summed E-state index contributed by atoms with van der Waals surface area (Å²) in [4.78, 5) is 20.6. The molecule has 0 aliphatic rings. The number of hydrogen-bond acceptors (Lipinski definition) is 5. The van der Waals surface area contributed by atoms with Crippen LogP contribution in [0.3, 0.4) is 0 Å². The van der Waals surface area contributed by atoms with Crippen molar-refractivity contribution in [3.05, 3.63) is 24.0 Å². The van der Waals surface area contributed by atoms with Gasteiger partial charge >= 0.3 is 6.16 Å². The normalized spacial score (nSPS) is 10.9. The Balaban J connectivity index is 2.34. The summed E-state index contributed by atoms with van der Waals surface area (Å²) in [5.41, 5.74) is 1.96. The highest BCUT2D eigenvalue weighted by atomic mass is 16.7. The molecule has 0 unspecified atom stereocenters. The van der Waals surface area contributed by atoms with Gasteiger partial charge in [-0.3, -0.25) is 0 Å². The van der Waals surface area contributed by atoms with Crippen LogP contribution in [0.25, 0.3) is 10.9 Å². The number of hydrogen-bond donors (Lipinski definition) is 1. The maximum absolute atomic E-state index is 11.2. The van der Waals surface area contributed by atoms with Crippen LogP contribution in [0.4, 0.5) is 4.79 Å². The predicted molar refractivity (Wildman–Crippen MR) is 71.4 cm³/mol. The zero-order valence-corrected chi connectivity index (χ0v) is 11.3. The van der Waals surface area contributed by atoms with Crippen molar-refractivity contribution in [3.63, 3.8) is 0 Å². The van der Waals surface area contributed by atoms with Crippen molar-refractivity contribution in [1.29, 1.82) is 0 Å². The molecular formula is C13H17N3O3. The number of likely N-dealkylation sites (N-methyl/N-ethyl adjacent to an activating group) is 1. The quantitative estimate of drug-likeness (QED) is 0.852. The SMILES string of the molecule is COC(=O)Oc1nccc2[nH]cc(CCN(C)C)c12. The van der Waals surface area contributed by atoms with E-state index in [-0.39, 0.29) is 5.88 Å². The van der Waals surface area contributed by atoms with Gasteiger partial charge in [0.25, 0.3) is 0 Å². The number of fused-ring (bicyclic) bond motifs is 1. The first-order valence-corrected chi connectivity index (χ1v) is 5.97. The molecule has 6 heteroatoms. The maximum atomic E-state index is 11.2. The molecule has 102 valence electrons. The lowest BCUT2D eigenvalue weighted by Crippen LogP contribution is -2.15. The Bertz CT molecular complexity index is 578. The van der Waals surface area contributed by atoms with Gasteiger partial charge in [0.1, 0.15) is 0 Å². The van der Waals surface area contributed by atoms with E-state index in [4.69, 9.17) is 4.74 Å². The van der Waals surface area contributed by atoms with E-state index in [1.54, 1.807) is 6.20 Å². The fourth-order valence-electron chi connectivity index (χ4n) is 1.85. The summed E-state index contributed by atoms with van der Waals surface area (Å²) >= 11 is 0. The number of methoxy groups -OCH3 is 1. The fourth-order valence-corrected chi connectivity index (χ4v) is 1.85. The molecule has 0 aromatic carbocycles. The smallest absolute Gasteiger partial charge is 0.437 e. The van der Waals surface area contributed by atoms with Crippen LogP contribution in [0, 0.1) is 0 Å². The zero-order valence-electron chi connectivity index (χ0n) is 11.3. The molecule has 0 bridgehead atoms. The summed E-state index contributed by atoms with van der Waals surface area (Å²) in [5, 5.41) is 0.828. The number of carbonyl (C=O) groups is 1. The van der Waals surface area contributed by atoms with Gasteiger partial charge in [-0.05, 0) is 32.1 Å². The number of nitrogens with zero attached hydrogens (tertiary/aromatic N) is 2. The molecule has 2 aromatic rings. The van der Waals surface area contributed by atoms with Gasteiger partial charge in [-0.1, -0.05) is 0 Å². The number of H-pyrrole nitrogens is 1. The maximum Gasteiger partial charge on any atom is 0.514 e. The molecule has 0 fully saturated rings. The predicted octanol–water partition coefficient (Wildman–Crippen LogP) is 1.81. The largest absolute Gasteiger partial charge is 0.514 e. The van der Waals surface area contributed by atoms with Crippen molar-refractivity contribution < 1.29 is 14.3 Å². The third-order valence-corrected chi connectivity index (χ3v) is 2.81. The fraction of sp³-hybridized carbons (Fsp3) is 0.385. The van der Waals surface area contributed by atoms with Gasteiger partial charge in [-0.15, -0.1) is 0 Å². The highest BCUT2D eigenvalue weighted by Crippen LogP contribution is 2.27. The summed E-state index contributed by atoms with van der Waals surface area (Å²) in [6.45, 7) is 0.902. The molecule has 0 saturated carbocycles. The molecule has 2 aromatic heterocycles. The van der Waals surface area contributed by atoms with Gasteiger partial charge in [-0.2, -0.15) is 0 Å². The van der Waals surface area contributed by atoms with Gasteiger partial charge in [-0.25, -0.2) is 9.78 Å². The first-order chi connectivity index (χ1) is 9.11.